The van der Waals surface area contributed by atoms with Crippen molar-refractivity contribution in [2.75, 3.05) is 10.6 Å². The number of carbonyl (C=O) groups excluding carboxylic acids is 1. The number of anilines is 1. The third-order valence-corrected chi connectivity index (χ3v) is 6.68. The highest BCUT2D eigenvalue weighted by Gasteiger charge is 2.18. The zero-order chi connectivity index (χ0) is 25.8. The Hall–Kier alpha value is -4.05. The van der Waals surface area contributed by atoms with Gasteiger partial charge >= 0.3 is 0 Å². The van der Waals surface area contributed by atoms with E-state index in [0.717, 1.165) is 22.9 Å². The van der Waals surface area contributed by atoms with Crippen molar-refractivity contribution in [1.29, 1.82) is 0 Å². The highest BCUT2D eigenvalue weighted by molar-refractivity contribution is 7.92. The second kappa shape index (κ2) is 10.5. The maximum absolute atomic E-state index is 12.5. The van der Waals surface area contributed by atoms with E-state index >= 15 is 0 Å². The van der Waals surface area contributed by atoms with E-state index in [1.165, 1.54) is 16.4 Å². The third kappa shape index (κ3) is 6.51. The molecule has 1 amide bonds. The van der Waals surface area contributed by atoms with Crippen molar-refractivity contribution in [2.45, 2.75) is 27.3 Å². The van der Waals surface area contributed by atoms with Gasteiger partial charge in [0.15, 0.2) is 0 Å². The van der Waals surface area contributed by atoms with Crippen molar-refractivity contribution < 1.29 is 18.1 Å². The molecule has 182 valence electrons. The number of amides is 1. The molecule has 0 fully saturated rings. The van der Waals surface area contributed by atoms with Gasteiger partial charge in [0.2, 0.25) is 10.0 Å². The number of aryl methyl sites for hydroxylation is 2. The molecule has 3 aromatic rings. The van der Waals surface area contributed by atoms with Crippen molar-refractivity contribution in [2.24, 2.45) is 5.10 Å². The maximum Gasteiger partial charge on any atom is 0.271 e. The number of nitro groups is 1. The van der Waals surface area contributed by atoms with E-state index in [1.807, 2.05) is 26.0 Å². The second-order valence-corrected chi connectivity index (χ2v) is 10.1. The first-order valence-electron chi connectivity index (χ1n) is 10.7. The lowest BCUT2D eigenvalue weighted by atomic mass is 10.1. The fourth-order valence-electron chi connectivity index (χ4n) is 3.30. The molecule has 3 aromatic carbocycles. The molecule has 0 heterocycles. The average molecular weight is 495 g/mol. The fourth-order valence-corrected chi connectivity index (χ4v) is 4.18. The number of benzene rings is 3. The number of carbonyl (C=O) groups is 1. The number of rotatable bonds is 8. The lowest BCUT2D eigenvalue weighted by Gasteiger charge is -2.23. The molecule has 0 aliphatic heterocycles. The van der Waals surface area contributed by atoms with Crippen LogP contribution in [0.2, 0.25) is 0 Å². The Bertz CT molecular complexity index is 1380. The van der Waals surface area contributed by atoms with Crippen LogP contribution in [0.1, 0.15) is 39.5 Å². The van der Waals surface area contributed by atoms with Crippen molar-refractivity contribution in [3.63, 3.8) is 0 Å². The molecule has 0 aromatic heterocycles. The predicted octanol–water partition coefficient (Wildman–Crippen LogP) is 4.33. The summed E-state index contributed by atoms with van der Waals surface area (Å²) in [6, 6.07) is 17.9. The van der Waals surface area contributed by atoms with Crippen LogP contribution in [0, 0.1) is 24.0 Å². The lowest BCUT2D eigenvalue weighted by molar-refractivity contribution is -0.384. The topological polar surface area (TPSA) is 122 Å². The minimum atomic E-state index is -3.53. The van der Waals surface area contributed by atoms with Gasteiger partial charge in [-0.15, -0.1) is 0 Å². The number of nitrogens with one attached hydrogen (secondary N) is 1. The number of nitro benzene ring substituents is 1. The van der Waals surface area contributed by atoms with Crippen LogP contribution in [0.25, 0.3) is 0 Å². The van der Waals surface area contributed by atoms with Gasteiger partial charge in [0.1, 0.15) is 0 Å². The Balaban J connectivity index is 1.71. The monoisotopic (exact) mass is 494 g/mol. The second-order valence-electron chi connectivity index (χ2n) is 8.18. The number of sulfonamides is 1. The van der Waals surface area contributed by atoms with Gasteiger partial charge in [0.25, 0.3) is 11.6 Å². The average Bonchev–Trinajstić information content (AvgIpc) is 2.82. The quantitative estimate of drug-likeness (QED) is 0.284. The number of hydrazone groups is 1. The van der Waals surface area contributed by atoms with Crippen LogP contribution in [0.3, 0.4) is 0 Å². The van der Waals surface area contributed by atoms with Crippen LogP contribution < -0.4 is 9.73 Å². The maximum atomic E-state index is 12.5. The Labute approximate surface area is 204 Å². The van der Waals surface area contributed by atoms with Crippen LogP contribution in [0.4, 0.5) is 11.4 Å². The highest BCUT2D eigenvalue weighted by atomic mass is 32.2. The van der Waals surface area contributed by atoms with Gasteiger partial charge in [-0.1, -0.05) is 18.2 Å². The lowest BCUT2D eigenvalue weighted by Crippen LogP contribution is -2.29. The molecule has 0 bridgehead atoms. The minimum Gasteiger partial charge on any atom is -0.267 e. The van der Waals surface area contributed by atoms with E-state index in [9.17, 15) is 23.3 Å². The molecule has 0 spiro atoms. The van der Waals surface area contributed by atoms with Gasteiger partial charge in [-0.25, -0.2) is 13.8 Å². The molecule has 3 rings (SSSR count). The summed E-state index contributed by atoms with van der Waals surface area (Å²) in [6.07, 6.45) is 1.16. The van der Waals surface area contributed by atoms with Crippen LogP contribution in [-0.2, 0) is 16.6 Å². The molecule has 0 saturated carbocycles. The normalized spacial score (nSPS) is 11.7. The summed E-state index contributed by atoms with van der Waals surface area (Å²) in [5, 5.41) is 14.8. The van der Waals surface area contributed by atoms with Crippen LogP contribution in [0.15, 0.2) is 71.8 Å². The summed E-state index contributed by atoms with van der Waals surface area (Å²) in [4.78, 5) is 22.8. The van der Waals surface area contributed by atoms with E-state index in [-0.39, 0.29) is 12.2 Å². The molecule has 35 heavy (non-hydrogen) atoms. The first-order valence-corrected chi connectivity index (χ1v) is 12.5. The third-order valence-electron chi connectivity index (χ3n) is 5.54. The van der Waals surface area contributed by atoms with Crippen LogP contribution in [-0.4, -0.2) is 31.2 Å². The van der Waals surface area contributed by atoms with E-state index in [4.69, 9.17) is 0 Å². The molecule has 0 radical (unpaired) electrons. The molecule has 10 heteroatoms. The Morgan fingerprint density at radius 1 is 0.971 bits per heavy atom. The molecular weight excluding hydrogens is 468 g/mol. The number of nitrogens with zero attached hydrogens (tertiary/aromatic N) is 3. The summed E-state index contributed by atoms with van der Waals surface area (Å²) < 4.78 is 26.2. The first-order chi connectivity index (χ1) is 16.5. The molecule has 0 atom stereocenters. The Morgan fingerprint density at radius 2 is 1.57 bits per heavy atom. The van der Waals surface area contributed by atoms with Crippen molar-refractivity contribution in [3.05, 3.63) is 105 Å². The standard InChI is InChI=1S/C25H26N4O5S/c1-17-5-12-24(15-18(17)2)28(35(4,33)34)16-20-6-8-22(9-7-20)25(30)27-26-19(3)21-10-13-23(14-11-21)29(31)32/h5-15H,16H2,1-4H3,(H,27,30)/b26-19+. The van der Waals surface area contributed by atoms with Gasteiger partial charge in [0.05, 0.1) is 29.1 Å². The molecule has 1 N–H and O–H groups in total. The molecule has 9 nitrogen and oxygen atoms in total. The highest BCUT2D eigenvalue weighted by Crippen LogP contribution is 2.23. The largest absolute Gasteiger partial charge is 0.271 e. The number of hydrogen-bond acceptors (Lipinski definition) is 6. The van der Waals surface area contributed by atoms with E-state index in [2.05, 4.69) is 10.5 Å². The molecule has 0 saturated heterocycles. The molecule has 0 aliphatic carbocycles. The van der Waals surface area contributed by atoms with E-state index in [1.54, 1.807) is 49.4 Å². The van der Waals surface area contributed by atoms with Gasteiger partial charge in [0, 0.05) is 17.7 Å². The number of non-ortho nitro benzene ring substituents is 1. The minimum absolute atomic E-state index is 0.0300. The van der Waals surface area contributed by atoms with Gasteiger partial charge in [-0.2, -0.15) is 5.10 Å². The summed E-state index contributed by atoms with van der Waals surface area (Å²) in [5.74, 6) is -0.438. The smallest absolute Gasteiger partial charge is 0.267 e. The van der Waals surface area contributed by atoms with Crippen molar-refractivity contribution >= 4 is 33.0 Å². The summed E-state index contributed by atoms with van der Waals surface area (Å²) in [6.45, 7) is 5.70. The zero-order valence-electron chi connectivity index (χ0n) is 19.8. The molecular formula is C25H26N4O5S. The Kier molecular flexibility index (Phi) is 7.65. The fraction of sp³-hybridized carbons (Fsp3) is 0.200. The van der Waals surface area contributed by atoms with E-state index in [0.29, 0.717) is 22.5 Å². The van der Waals surface area contributed by atoms with Gasteiger partial charge < -0.3 is 0 Å². The van der Waals surface area contributed by atoms with E-state index < -0.39 is 20.9 Å². The SMILES string of the molecule is C/C(=N\NC(=O)c1ccc(CN(c2ccc(C)c(C)c2)S(C)(=O)=O)cc1)c1ccc([N+](=O)[O-])cc1. The van der Waals surface area contributed by atoms with Crippen LogP contribution >= 0.6 is 0 Å². The number of hydrogen-bond donors (Lipinski definition) is 1. The summed E-state index contributed by atoms with van der Waals surface area (Å²) in [7, 11) is -3.53. The molecule has 0 unspecified atom stereocenters. The van der Waals surface area contributed by atoms with Crippen LogP contribution in [0.5, 0.6) is 0 Å². The van der Waals surface area contributed by atoms with Gasteiger partial charge in [-0.3, -0.25) is 19.2 Å². The molecule has 0 aliphatic rings. The van der Waals surface area contributed by atoms with Gasteiger partial charge in [-0.05, 0) is 79.4 Å². The first kappa shape index (κ1) is 25.6. The Morgan fingerprint density at radius 3 is 2.11 bits per heavy atom. The predicted molar refractivity (Wildman–Crippen MR) is 136 cm³/mol. The summed E-state index contributed by atoms with van der Waals surface area (Å²) >= 11 is 0. The van der Waals surface area contributed by atoms with Crippen molar-refractivity contribution in [3.8, 4) is 0 Å². The van der Waals surface area contributed by atoms with Crippen molar-refractivity contribution in [1.82, 2.24) is 5.43 Å². The zero-order valence-corrected chi connectivity index (χ0v) is 20.7. The summed E-state index contributed by atoms with van der Waals surface area (Å²) in [5.41, 5.74) is 7.28.